The Morgan fingerprint density at radius 3 is 2.58 bits per heavy atom. The van der Waals surface area contributed by atoms with E-state index in [4.69, 9.17) is 9.47 Å². The van der Waals surface area contributed by atoms with Gasteiger partial charge in [0.1, 0.15) is 0 Å². The standard InChI is InChI=1S/C13H15N3O3/c1-16-7-6-14-13(16)15-12(17)9-4-5-10(18-2)11(8-9)19-3/h4-8H,1-3H3,(H,14,15,17). The predicted octanol–water partition coefficient (Wildman–Crippen LogP) is 1.69. The lowest BCUT2D eigenvalue weighted by Gasteiger charge is -2.09. The van der Waals surface area contributed by atoms with Crippen molar-refractivity contribution >= 4 is 11.9 Å². The van der Waals surface area contributed by atoms with Gasteiger partial charge in [0.05, 0.1) is 14.2 Å². The molecule has 6 nitrogen and oxygen atoms in total. The van der Waals surface area contributed by atoms with Gasteiger partial charge in [-0.1, -0.05) is 0 Å². The Kier molecular flexibility index (Phi) is 3.70. The lowest BCUT2D eigenvalue weighted by atomic mass is 10.2. The smallest absolute Gasteiger partial charge is 0.258 e. The van der Waals surface area contributed by atoms with Crippen LogP contribution in [0.5, 0.6) is 11.5 Å². The van der Waals surface area contributed by atoms with Crippen LogP contribution in [-0.2, 0) is 7.05 Å². The largest absolute Gasteiger partial charge is 0.493 e. The van der Waals surface area contributed by atoms with E-state index in [0.29, 0.717) is 23.0 Å². The topological polar surface area (TPSA) is 65.4 Å². The monoisotopic (exact) mass is 261 g/mol. The highest BCUT2D eigenvalue weighted by Gasteiger charge is 2.12. The molecule has 1 N–H and O–H groups in total. The van der Waals surface area contributed by atoms with Crippen LogP contribution >= 0.6 is 0 Å². The first-order valence-corrected chi connectivity index (χ1v) is 5.66. The summed E-state index contributed by atoms with van der Waals surface area (Å²) in [5.41, 5.74) is 0.473. The Balaban J connectivity index is 2.22. The minimum atomic E-state index is -0.254. The van der Waals surface area contributed by atoms with Crippen LogP contribution in [0.2, 0.25) is 0 Å². The molecule has 0 aliphatic heterocycles. The van der Waals surface area contributed by atoms with Crippen molar-refractivity contribution in [2.45, 2.75) is 0 Å². The van der Waals surface area contributed by atoms with Gasteiger partial charge in [0.2, 0.25) is 5.95 Å². The van der Waals surface area contributed by atoms with Gasteiger partial charge in [-0.05, 0) is 18.2 Å². The second kappa shape index (κ2) is 5.43. The van der Waals surface area contributed by atoms with Gasteiger partial charge in [0, 0.05) is 25.0 Å². The van der Waals surface area contributed by atoms with E-state index in [0.717, 1.165) is 0 Å². The van der Waals surface area contributed by atoms with E-state index in [1.54, 1.807) is 49.3 Å². The quantitative estimate of drug-likeness (QED) is 0.909. The molecule has 0 atom stereocenters. The number of nitrogens with one attached hydrogen (secondary N) is 1. The van der Waals surface area contributed by atoms with Crippen molar-refractivity contribution in [1.82, 2.24) is 9.55 Å². The first-order valence-electron chi connectivity index (χ1n) is 5.66. The van der Waals surface area contributed by atoms with Gasteiger partial charge in [0.15, 0.2) is 11.5 Å². The second-order valence-corrected chi connectivity index (χ2v) is 3.89. The summed E-state index contributed by atoms with van der Waals surface area (Å²) in [4.78, 5) is 16.1. The van der Waals surface area contributed by atoms with E-state index in [1.165, 1.54) is 7.11 Å². The molecule has 0 saturated carbocycles. The number of rotatable bonds is 4. The Morgan fingerprint density at radius 2 is 2.00 bits per heavy atom. The lowest BCUT2D eigenvalue weighted by molar-refractivity contribution is 0.102. The fourth-order valence-electron chi connectivity index (χ4n) is 1.64. The third-order valence-corrected chi connectivity index (χ3v) is 2.69. The molecule has 1 heterocycles. The van der Waals surface area contributed by atoms with Gasteiger partial charge in [-0.3, -0.25) is 10.1 Å². The Bertz CT molecular complexity index is 593. The summed E-state index contributed by atoms with van der Waals surface area (Å²) in [7, 11) is 4.88. The Labute approximate surface area is 111 Å². The number of carbonyl (C=O) groups excluding carboxylic acids is 1. The van der Waals surface area contributed by atoms with Crippen molar-refractivity contribution in [2.75, 3.05) is 19.5 Å². The van der Waals surface area contributed by atoms with Crippen LogP contribution in [0.4, 0.5) is 5.95 Å². The van der Waals surface area contributed by atoms with Gasteiger partial charge in [0.25, 0.3) is 5.91 Å². The Morgan fingerprint density at radius 1 is 1.26 bits per heavy atom. The highest BCUT2D eigenvalue weighted by atomic mass is 16.5. The summed E-state index contributed by atoms with van der Waals surface area (Å²) in [6.07, 6.45) is 3.37. The molecule has 2 aromatic rings. The van der Waals surface area contributed by atoms with Crippen LogP contribution < -0.4 is 14.8 Å². The highest BCUT2D eigenvalue weighted by molar-refractivity contribution is 6.03. The van der Waals surface area contributed by atoms with Gasteiger partial charge >= 0.3 is 0 Å². The van der Waals surface area contributed by atoms with E-state index in [-0.39, 0.29) is 5.91 Å². The number of aryl methyl sites for hydroxylation is 1. The molecule has 1 aromatic heterocycles. The number of methoxy groups -OCH3 is 2. The molecule has 100 valence electrons. The molecular weight excluding hydrogens is 246 g/mol. The summed E-state index contributed by atoms with van der Waals surface area (Å²) < 4.78 is 12.0. The maximum absolute atomic E-state index is 12.1. The number of hydrogen-bond donors (Lipinski definition) is 1. The Hall–Kier alpha value is -2.50. The van der Waals surface area contributed by atoms with Crippen molar-refractivity contribution in [3.8, 4) is 11.5 Å². The highest BCUT2D eigenvalue weighted by Crippen LogP contribution is 2.27. The van der Waals surface area contributed by atoms with Crippen LogP contribution in [0.1, 0.15) is 10.4 Å². The van der Waals surface area contributed by atoms with Crippen LogP contribution in [0, 0.1) is 0 Å². The molecule has 6 heteroatoms. The fraction of sp³-hybridized carbons (Fsp3) is 0.231. The third kappa shape index (κ3) is 2.67. The van der Waals surface area contributed by atoms with E-state index < -0.39 is 0 Å². The summed E-state index contributed by atoms with van der Waals surface area (Å²) >= 11 is 0. The number of amides is 1. The molecule has 0 aliphatic rings. The zero-order valence-corrected chi connectivity index (χ0v) is 11.0. The maximum Gasteiger partial charge on any atom is 0.258 e. The molecular formula is C13H15N3O3. The van der Waals surface area contributed by atoms with Crippen LogP contribution in [-0.4, -0.2) is 29.7 Å². The molecule has 0 fully saturated rings. The minimum Gasteiger partial charge on any atom is -0.493 e. The molecule has 0 saturated heterocycles. The molecule has 0 unspecified atom stereocenters. The van der Waals surface area contributed by atoms with Crippen molar-refractivity contribution in [2.24, 2.45) is 7.05 Å². The minimum absolute atomic E-state index is 0.254. The summed E-state index contributed by atoms with van der Waals surface area (Å²) in [5, 5.41) is 2.71. The van der Waals surface area contributed by atoms with Crippen LogP contribution in [0.3, 0.4) is 0 Å². The molecule has 0 bridgehead atoms. The number of hydrogen-bond acceptors (Lipinski definition) is 4. The van der Waals surface area contributed by atoms with Crippen molar-refractivity contribution < 1.29 is 14.3 Å². The first-order chi connectivity index (χ1) is 9.15. The number of carbonyl (C=O) groups is 1. The molecule has 0 aliphatic carbocycles. The zero-order valence-electron chi connectivity index (χ0n) is 11.0. The molecule has 19 heavy (non-hydrogen) atoms. The van der Waals surface area contributed by atoms with Gasteiger partial charge in [-0.2, -0.15) is 0 Å². The van der Waals surface area contributed by atoms with Gasteiger partial charge < -0.3 is 14.0 Å². The van der Waals surface area contributed by atoms with E-state index in [1.807, 2.05) is 0 Å². The van der Waals surface area contributed by atoms with Crippen LogP contribution in [0.25, 0.3) is 0 Å². The summed E-state index contributed by atoms with van der Waals surface area (Å²) in [5.74, 6) is 1.32. The number of ether oxygens (including phenoxy) is 2. The van der Waals surface area contributed by atoms with Crippen LogP contribution in [0.15, 0.2) is 30.6 Å². The number of anilines is 1. The predicted molar refractivity (Wildman–Crippen MR) is 70.7 cm³/mol. The normalized spacial score (nSPS) is 10.1. The molecule has 1 aromatic carbocycles. The van der Waals surface area contributed by atoms with Crippen molar-refractivity contribution in [3.63, 3.8) is 0 Å². The number of imidazole rings is 1. The molecule has 1 amide bonds. The third-order valence-electron chi connectivity index (χ3n) is 2.69. The van der Waals surface area contributed by atoms with Gasteiger partial charge in [-0.15, -0.1) is 0 Å². The van der Waals surface area contributed by atoms with Gasteiger partial charge in [-0.25, -0.2) is 4.98 Å². The van der Waals surface area contributed by atoms with E-state index >= 15 is 0 Å². The second-order valence-electron chi connectivity index (χ2n) is 3.89. The van der Waals surface area contributed by atoms with Crippen molar-refractivity contribution in [1.29, 1.82) is 0 Å². The summed E-state index contributed by atoms with van der Waals surface area (Å²) in [6, 6.07) is 4.98. The number of benzene rings is 1. The molecule has 0 radical (unpaired) electrons. The van der Waals surface area contributed by atoms with E-state index in [9.17, 15) is 4.79 Å². The maximum atomic E-state index is 12.1. The van der Waals surface area contributed by atoms with E-state index in [2.05, 4.69) is 10.3 Å². The van der Waals surface area contributed by atoms with Crippen molar-refractivity contribution in [3.05, 3.63) is 36.2 Å². The SMILES string of the molecule is COc1ccc(C(=O)Nc2nccn2C)cc1OC. The number of aromatic nitrogens is 2. The number of nitrogens with zero attached hydrogens (tertiary/aromatic N) is 2. The average molecular weight is 261 g/mol. The average Bonchev–Trinajstić information content (AvgIpc) is 2.83. The lowest BCUT2D eigenvalue weighted by Crippen LogP contribution is -2.15. The summed E-state index contributed by atoms with van der Waals surface area (Å²) in [6.45, 7) is 0. The first kappa shape index (κ1) is 12.9. The molecule has 0 spiro atoms. The molecule has 2 rings (SSSR count). The zero-order chi connectivity index (χ0) is 13.8. The fourth-order valence-corrected chi connectivity index (χ4v) is 1.64.